The van der Waals surface area contributed by atoms with Crippen LogP contribution in [0, 0.1) is 6.92 Å². The Balaban J connectivity index is 2.38. The highest BCUT2D eigenvalue weighted by Gasteiger charge is 2.40. The molecule has 0 aromatic heterocycles. The first-order valence-electron chi connectivity index (χ1n) is 4.49. The van der Waals surface area contributed by atoms with Crippen molar-refractivity contribution in [3.05, 3.63) is 35.4 Å². The van der Waals surface area contributed by atoms with Crippen LogP contribution >= 0.6 is 11.8 Å². The lowest BCUT2D eigenvalue weighted by Gasteiger charge is -2.22. The van der Waals surface area contributed by atoms with Gasteiger partial charge in [-0.1, -0.05) is 30.4 Å². The van der Waals surface area contributed by atoms with E-state index >= 15 is 0 Å². The van der Waals surface area contributed by atoms with Crippen LogP contribution in [0.15, 0.2) is 29.2 Å². The highest BCUT2D eigenvalue weighted by Crippen LogP contribution is 2.42. The predicted molar refractivity (Wildman–Crippen MR) is 55.9 cm³/mol. The van der Waals surface area contributed by atoms with E-state index in [1.165, 1.54) is 6.08 Å². The fourth-order valence-electron chi connectivity index (χ4n) is 1.50. The minimum atomic E-state index is -4.17. The molecule has 15 heavy (non-hydrogen) atoms. The molecule has 0 nitrogen and oxygen atoms in total. The summed E-state index contributed by atoms with van der Waals surface area (Å²) in [6.45, 7) is 1.83. The molecule has 0 N–H and O–H groups in total. The zero-order chi connectivity index (χ0) is 11.1. The monoisotopic (exact) mass is 230 g/mol. The number of hydrogen-bond acceptors (Lipinski definition) is 1. The number of alkyl halides is 3. The molecule has 1 heterocycles. The minimum absolute atomic E-state index is 0.738. The molecule has 0 radical (unpaired) electrons. The van der Waals surface area contributed by atoms with Crippen molar-refractivity contribution in [2.75, 3.05) is 0 Å². The van der Waals surface area contributed by atoms with Crippen LogP contribution in [0.2, 0.25) is 0 Å². The molecule has 0 amide bonds. The Morgan fingerprint density at radius 1 is 1.27 bits per heavy atom. The molecule has 4 heteroatoms. The van der Waals surface area contributed by atoms with Crippen LogP contribution in [0.25, 0.3) is 6.08 Å². The normalized spacial score (nSPS) is 20.1. The highest BCUT2D eigenvalue weighted by molar-refractivity contribution is 8.00. The van der Waals surface area contributed by atoms with E-state index in [2.05, 4.69) is 0 Å². The highest BCUT2D eigenvalue weighted by atomic mass is 32.2. The molecule has 1 aliphatic heterocycles. The van der Waals surface area contributed by atoms with Crippen LogP contribution in [0.5, 0.6) is 0 Å². The van der Waals surface area contributed by atoms with E-state index in [0.717, 1.165) is 27.8 Å². The summed E-state index contributed by atoms with van der Waals surface area (Å²) < 4.78 is 37.5. The Labute approximate surface area is 90.2 Å². The first-order valence-corrected chi connectivity index (χ1v) is 5.37. The number of halogens is 3. The zero-order valence-electron chi connectivity index (χ0n) is 8.01. The van der Waals surface area contributed by atoms with Crippen molar-refractivity contribution in [3.8, 4) is 0 Å². The van der Waals surface area contributed by atoms with Gasteiger partial charge in [-0.15, -0.1) is 11.8 Å². The van der Waals surface area contributed by atoms with Crippen LogP contribution in [0.4, 0.5) is 13.2 Å². The number of rotatable bonds is 0. The van der Waals surface area contributed by atoms with Crippen LogP contribution in [0.3, 0.4) is 0 Å². The Hall–Kier alpha value is -0.900. The predicted octanol–water partition coefficient (Wildman–Crippen LogP) is 4.04. The number of hydrogen-bond donors (Lipinski definition) is 0. The van der Waals surface area contributed by atoms with Crippen LogP contribution < -0.4 is 0 Å². The molecule has 80 valence electrons. The minimum Gasteiger partial charge on any atom is -0.169 e. The number of benzene rings is 1. The molecule has 0 bridgehead atoms. The van der Waals surface area contributed by atoms with E-state index in [9.17, 15) is 13.2 Å². The second-order valence-electron chi connectivity index (χ2n) is 3.43. The lowest BCUT2D eigenvalue weighted by atomic mass is 10.1. The van der Waals surface area contributed by atoms with Gasteiger partial charge >= 0.3 is 6.18 Å². The molecular formula is C11H9F3S. The van der Waals surface area contributed by atoms with Crippen molar-refractivity contribution >= 4 is 17.8 Å². The van der Waals surface area contributed by atoms with Gasteiger partial charge in [-0.05, 0) is 18.1 Å². The second kappa shape index (κ2) is 3.59. The Morgan fingerprint density at radius 3 is 2.67 bits per heavy atom. The van der Waals surface area contributed by atoms with Crippen molar-refractivity contribution in [2.24, 2.45) is 0 Å². The Kier molecular flexibility index (Phi) is 2.54. The average Bonchev–Trinajstić information content (AvgIpc) is 2.16. The Bertz CT molecular complexity index is 407. The zero-order valence-corrected chi connectivity index (χ0v) is 8.82. The number of thioether (sulfide) groups is 1. The van der Waals surface area contributed by atoms with Gasteiger partial charge in [0.2, 0.25) is 0 Å². The molecule has 0 saturated carbocycles. The lowest BCUT2D eigenvalue weighted by molar-refractivity contribution is -0.119. The van der Waals surface area contributed by atoms with Crippen LogP contribution in [0.1, 0.15) is 11.1 Å². The largest absolute Gasteiger partial charge is 0.404 e. The maximum Gasteiger partial charge on any atom is 0.404 e. The van der Waals surface area contributed by atoms with E-state index in [1.54, 1.807) is 6.08 Å². The second-order valence-corrected chi connectivity index (χ2v) is 4.58. The third kappa shape index (κ3) is 2.04. The van der Waals surface area contributed by atoms with E-state index in [-0.39, 0.29) is 0 Å². The molecule has 1 aliphatic rings. The number of aryl methyl sites for hydroxylation is 1. The maximum atomic E-state index is 12.5. The quantitative estimate of drug-likeness (QED) is 0.648. The summed E-state index contributed by atoms with van der Waals surface area (Å²) in [5.41, 5.74) is 1.77. The van der Waals surface area contributed by atoms with E-state index in [1.807, 2.05) is 25.1 Å². The number of fused-ring (bicyclic) bond motifs is 1. The van der Waals surface area contributed by atoms with Crippen LogP contribution in [-0.2, 0) is 0 Å². The molecule has 1 aromatic rings. The fourth-order valence-corrected chi connectivity index (χ4v) is 2.57. The maximum absolute atomic E-state index is 12.5. The van der Waals surface area contributed by atoms with Crippen LogP contribution in [-0.4, -0.2) is 11.4 Å². The van der Waals surface area contributed by atoms with E-state index in [0.29, 0.717) is 0 Å². The SMILES string of the molecule is Cc1cccc2c1SC(C(F)(F)F)C=C2. The summed E-state index contributed by atoms with van der Waals surface area (Å²) in [7, 11) is 0. The van der Waals surface area contributed by atoms with E-state index < -0.39 is 11.4 Å². The summed E-state index contributed by atoms with van der Waals surface area (Å²) in [6, 6.07) is 5.52. The molecular weight excluding hydrogens is 221 g/mol. The van der Waals surface area contributed by atoms with Crippen molar-refractivity contribution in [3.63, 3.8) is 0 Å². The van der Waals surface area contributed by atoms with Gasteiger partial charge in [-0.2, -0.15) is 13.2 Å². The van der Waals surface area contributed by atoms with Crippen molar-refractivity contribution in [1.82, 2.24) is 0 Å². The van der Waals surface area contributed by atoms with Gasteiger partial charge in [-0.3, -0.25) is 0 Å². The van der Waals surface area contributed by atoms with E-state index in [4.69, 9.17) is 0 Å². The van der Waals surface area contributed by atoms with Gasteiger partial charge in [-0.25, -0.2) is 0 Å². The van der Waals surface area contributed by atoms with Crippen molar-refractivity contribution < 1.29 is 13.2 Å². The standard InChI is InChI=1S/C11H9F3S/c1-7-3-2-4-8-5-6-9(11(12,13)14)15-10(7)8/h2-6,9H,1H3. The molecule has 1 atom stereocenters. The summed E-state index contributed by atoms with van der Waals surface area (Å²) in [4.78, 5) is 0.738. The summed E-state index contributed by atoms with van der Waals surface area (Å²) >= 11 is 0.879. The molecule has 0 fully saturated rings. The molecule has 1 aromatic carbocycles. The van der Waals surface area contributed by atoms with Crippen molar-refractivity contribution in [1.29, 1.82) is 0 Å². The van der Waals surface area contributed by atoms with Gasteiger partial charge < -0.3 is 0 Å². The molecule has 2 rings (SSSR count). The summed E-state index contributed by atoms with van der Waals surface area (Å²) in [5, 5.41) is -1.41. The summed E-state index contributed by atoms with van der Waals surface area (Å²) in [6.07, 6.45) is -1.40. The van der Waals surface area contributed by atoms with Gasteiger partial charge in [0.05, 0.1) is 0 Å². The average molecular weight is 230 g/mol. The third-order valence-corrected chi connectivity index (χ3v) is 3.73. The molecule has 1 unspecified atom stereocenters. The third-order valence-electron chi connectivity index (χ3n) is 2.26. The van der Waals surface area contributed by atoms with Gasteiger partial charge in [0.15, 0.2) is 0 Å². The first kappa shape index (κ1) is 10.6. The molecule has 0 saturated heterocycles. The fraction of sp³-hybridized carbons (Fsp3) is 0.273. The van der Waals surface area contributed by atoms with Gasteiger partial charge in [0, 0.05) is 4.90 Å². The topological polar surface area (TPSA) is 0 Å². The lowest BCUT2D eigenvalue weighted by Crippen LogP contribution is -2.24. The first-order chi connectivity index (χ1) is 6.98. The smallest absolute Gasteiger partial charge is 0.169 e. The summed E-state index contributed by atoms with van der Waals surface area (Å²) in [5.74, 6) is 0. The van der Waals surface area contributed by atoms with Gasteiger partial charge in [0.1, 0.15) is 5.25 Å². The van der Waals surface area contributed by atoms with Gasteiger partial charge in [0.25, 0.3) is 0 Å². The molecule has 0 spiro atoms. The molecule has 0 aliphatic carbocycles. The van der Waals surface area contributed by atoms with Crippen molar-refractivity contribution in [2.45, 2.75) is 23.2 Å². The Morgan fingerprint density at radius 2 is 2.00 bits per heavy atom.